The minimum atomic E-state index is -1.12. The van der Waals surface area contributed by atoms with Crippen molar-refractivity contribution in [2.24, 2.45) is 0 Å². The smallest absolute Gasteiger partial charge is 0.306 e. The molecule has 0 amide bonds. The van der Waals surface area contributed by atoms with Crippen LogP contribution in [0.3, 0.4) is 0 Å². The Morgan fingerprint density at radius 2 is 0.909 bits per heavy atom. The number of allylic oxidation sites excluding steroid dienone is 2. The molecule has 0 N–H and O–H groups in total. The molecule has 324 valence electrons. The Morgan fingerprint density at radius 1 is 0.527 bits per heavy atom. The monoisotopic (exact) mass is 780 g/mol. The Kier molecular flexibility index (Phi) is 37.6. The van der Waals surface area contributed by atoms with Crippen LogP contribution >= 0.6 is 0 Å². The van der Waals surface area contributed by atoms with Gasteiger partial charge in [0.1, 0.15) is 12.6 Å². The number of carbonyl (C=O) groups is 3. The van der Waals surface area contributed by atoms with E-state index in [0.29, 0.717) is 12.8 Å². The highest BCUT2D eigenvalue weighted by molar-refractivity contribution is 5.70. The first-order valence-electron chi connectivity index (χ1n) is 23.2. The maximum absolute atomic E-state index is 12.7. The number of likely N-dealkylation sites (N-methyl/N-ethyl adjacent to an activating group) is 1. The number of carbonyl (C=O) groups excluding carboxylic acids is 3. The molecule has 0 radical (unpaired) electrons. The summed E-state index contributed by atoms with van der Waals surface area (Å²) in [5.41, 5.74) is 0. The van der Waals surface area contributed by atoms with Crippen molar-refractivity contribution in [2.75, 3.05) is 41.0 Å². The molecule has 2 unspecified atom stereocenters. The van der Waals surface area contributed by atoms with Crippen LogP contribution in [-0.2, 0) is 28.6 Å². The van der Waals surface area contributed by atoms with Gasteiger partial charge in [-0.2, -0.15) is 0 Å². The van der Waals surface area contributed by atoms with Gasteiger partial charge in [0.25, 0.3) is 0 Å². The lowest BCUT2D eigenvalue weighted by Gasteiger charge is -2.34. The lowest BCUT2D eigenvalue weighted by atomic mass is 10.0. The van der Waals surface area contributed by atoms with Crippen molar-refractivity contribution in [1.29, 1.82) is 0 Å². The Hall–Kier alpha value is -1.93. The van der Waals surface area contributed by atoms with E-state index in [0.717, 1.165) is 51.4 Å². The van der Waals surface area contributed by atoms with Crippen LogP contribution in [0.1, 0.15) is 219 Å². The molecule has 0 aromatic rings. The number of esters is 2. The van der Waals surface area contributed by atoms with Crippen molar-refractivity contribution in [3.63, 3.8) is 0 Å². The molecule has 0 aliphatic heterocycles. The molecule has 2 atom stereocenters. The zero-order valence-electron chi connectivity index (χ0n) is 36.9. The average Bonchev–Trinajstić information content (AvgIpc) is 3.14. The summed E-state index contributed by atoms with van der Waals surface area (Å²) >= 11 is 0. The lowest BCUT2D eigenvalue weighted by molar-refractivity contribution is -0.889. The Morgan fingerprint density at radius 3 is 1.33 bits per heavy atom. The topological polar surface area (TPSA) is 102 Å². The second-order valence-electron chi connectivity index (χ2n) is 17.0. The summed E-state index contributed by atoms with van der Waals surface area (Å²) in [5, 5.41) is 11.6. The van der Waals surface area contributed by atoms with Gasteiger partial charge in [-0.1, -0.05) is 174 Å². The lowest BCUT2D eigenvalue weighted by Crippen LogP contribution is -2.55. The van der Waals surface area contributed by atoms with Crippen molar-refractivity contribution >= 4 is 17.9 Å². The van der Waals surface area contributed by atoms with Crippen LogP contribution in [0, 0.1) is 0 Å². The molecular formula is C47H89NO7. The third-order valence-electron chi connectivity index (χ3n) is 10.7. The standard InChI is InChI=1S/C47H89NO7/c1-6-8-10-12-14-16-18-20-21-22-23-24-26-27-29-31-33-35-37-45(49)54-42-43(41-53-40-39-44(47(51)52)48(3,4)5)55-46(50)38-36-34-32-30-28-25-19-17-15-13-11-9-7-2/h17,19,43-44H,6-16,18,20-42H2,1-5H3/b19-17-. The molecule has 0 rings (SSSR count). The van der Waals surface area contributed by atoms with Crippen LogP contribution in [0.25, 0.3) is 0 Å². The van der Waals surface area contributed by atoms with Crippen molar-refractivity contribution < 1.29 is 38.2 Å². The number of hydrogen-bond donors (Lipinski definition) is 0. The Balaban J connectivity index is 4.26. The number of carboxylic acids is 1. The number of carboxylic acid groups (broad SMARTS) is 1. The molecule has 0 heterocycles. The maximum Gasteiger partial charge on any atom is 0.306 e. The normalized spacial score (nSPS) is 13.0. The third kappa shape index (κ3) is 37.4. The van der Waals surface area contributed by atoms with Gasteiger partial charge in [-0.05, 0) is 38.5 Å². The van der Waals surface area contributed by atoms with E-state index in [1.165, 1.54) is 135 Å². The number of quaternary nitrogens is 1. The zero-order valence-corrected chi connectivity index (χ0v) is 36.9. The molecule has 0 aromatic heterocycles. The fourth-order valence-electron chi connectivity index (χ4n) is 7.01. The van der Waals surface area contributed by atoms with Gasteiger partial charge in [0.15, 0.2) is 6.10 Å². The number of hydrogen-bond acceptors (Lipinski definition) is 7. The first-order chi connectivity index (χ1) is 26.6. The molecule has 55 heavy (non-hydrogen) atoms. The minimum Gasteiger partial charge on any atom is -0.544 e. The van der Waals surface area contributed by atoms with Crippen LogP contribution in [0.4, 0.5) is 0 Å². The van der Waals surface area contributed by atoms with Gasteiger partial charge in [-0.25, -0.2) is 0 Å². The van der Waals surface area contributed by atoms with Crippen molar-refractivity contribution in [3.8, 4) is 0 Å². The van der Waals surface area contributed by atoms with Crippen LogP contribution in [-0.4, -0.2) is 75.5 Å². The summed E-state index contributed by atoms with van der Waals surface area (Å²) in [7, 11) is 5.41. The number of rotatable bonds is 42. The fourth-order valence-corrected chi connectivity index (χ4v) is 7.01. The quantitative estimate of drug-likeness (QED) is 0.0263. The SMILES string of the molecule is CCCCCC/C=C\CCCCCCCC(=O)OC(COCCC(C(=O)[O-])[N+](C)(C)C)COC(=O)CCCCCCCCCCCCCCCCCCCC. The first-order valence-corrected chi connectivity index (χ1v) is 23.2. The van der Waals surface area contributed by atoms with E-state index in [9.17, 15) is 19.5 Å². The van der Waals surface area contributed by atoms with Gasteiger partial charge in [0.05, 0.1) is 40.3 Å². The molecule has 0 aliphatic rings. The molecule has 0 bridgehead atoms. The number of ether oxygens (including phenoxy) is 3. The van der Waals surface area contributed by atoms with Gasteiger partial charge >= 0.3 is 11.9 Å². The highest BCUT2D eigenvalue weighted by Gasteiger charge is 2.25. The van der Waals surface area contributed by atoms with Crippen molar-refractivity contribution in [2.45, 2.75) is 231 Å². The molecule has 0 fully saturated rings. The summed E-state index contributed by atoms with van der Waals surface area (Å²) in [6, 6.07) is -0.722. The molecule has 8 nitrogen and oxygen atoms in total. The minimum absolute atomic E-state index is 0.0429. The number of unbranched alkanes of at least 4 members (excludes halogenated alkanes) is 26. The Labute approximate surface area is 339 Å². The van der Waals surface area contributed by atoms with Crippen molar-refractivity contribution in [1.82, 2.24) is 0 Å². The van der Waals surface area contributed by atoms with Crippen LogP contribution < -0.4 is 5.11 Å². The van der Waals surface area contributed by atoms with E-state index in [1.54, 1.807) is 21.1 Å². The van der Waals surface area contributed by atoms with Crippen LogP contribution in [0.5, 0.6) is 0 Å². The maximum atomic E-state index is 12.7. The molecule has 0 saturated heterocycles. The second-order valence-corrected chi connectivity index (χ2v) is 17.0. The summed E-state index contributed by atoms with van der Waals surface area (Å²) in [5.74, 6) is -1.73. The number of nitrogens with zero attached hydrogens (tertiary/aromatic N) is 1. The number of aliphatic carboxylic acids is 1. The van der Waals surface area contributed by atoms with Crippen LogP contribution in [0.15, 0.2) is 12.2 Å². The summed E-state index contributed by atoms with van der Waals surface area (Å²) in [4.78, 5) is 36.9. The molecule has 8 heteroatoms. The zero-order chi connectivity index (χ0) is 40.7. The molecule has 0 saturated carbocycles. The summed E-state index contributed by atoms with van der Waals surface area (Å²) < 4.78 is 17.2. The van der Waals surface area contributed by atoms with Gasteiger partial charge in [0.2, 0.25) is 0 Å². The van der Waals surface area contributed by atoms with E-state index in [-0.39, 0.29) is 42.7 Å². The predicted octanol–water partition coefficient (Wildman–Crippen LogP) is 11.4. The molecule has 0 aliphatic carbocycles. The molecule has 0 spiro atoms. The largest absolute Gasteiger partial charge is 0.544 e. The summed E-state index contributed by atoms with van der Waals surface area (Å²) in [6.45, 7) is 4.67. The van der Waals surface area contributed by atoms with E-state index < -0.39 is 18.1 Å². The van der Waals surface area contributed by atoms with Gasteiger partial charge in [-0.3, -0.25) is 9.59 Å². The third-order valence-corrected chi connectivity index (χ3v) is 10.7. The van der Waals surface area contributed by atoms with Gasteiger partial charge < -0.3 is 28.6 Å². The van der Waals surface area contributed by atoms with Crippen molar-refractivity contribution in [3.05, 3.63) is 12.2 Å². The second kappa shape index (κ2) is 38.9. The van der Waals surface area contributed by atoms with Gasteiger partial charge in [0, 0.05) is 19.3 Å². The fraction of sp³-hybridized carbons (Fsp3) is 0.894. The Bertz CT molecular complexity index is 915. The summed E-state index contributed by atoms with van der Waals surface area (Å²) in [6.07, 6.45) is 40.9. The molecular weight excluding hydrogens is 691 g/mol. The molecule has 0 aromatic carbocycles. The van der Waals surface area contributed by atoms with Gasteiger partial charge in [-0.15, -0.1) is 0 Å². The first kappa shape index (κ1) is 53.1. The average molecular weight is 780 g/mol. The predicted molar refractivity (Wildman–Crippen MR) is 227 cm³/mol. The highest BCUT2D eigenvalue weighted by Crippen LogP contribution is 2.16. The van der Waals surface area contributed by atoms with E-state index in [2.05, 4.69) is 26.0 Å². The van der Waals surface area contributed by atoms with Crippen LogP contribution in [0.2, 0.25) is 0 Å². The highest BCUT2D eigenvalue weighted by atomic mass is 16.6. The van der Waals surface area contributed by atoms with E-state index >= 15 is 0 Å². The van der Waals surface area contributed by atoms with E-state index in [1.807, 2.05) is 0 Å². The van der Waals surface area contributed by atoms with E-state index in [4.69, 9.17) is 14.2 Å².